The van der Waals surface area contributed by atoms with Crippen molar-refractivity contribution in [2.75, 3.05) is 0 Å². The van der Waals surface area contributed by atoms with Gasteiger partial charge in [0.1, 0.15) is 5.76 Å². The first-order chi connectivity index (χ1) is 7.81. The molecule has 2 rings (SSSR count). The first kappa shape index (κ1) is 11.4. The largest absolute Gasteiger partial charge is 0.469 e. The van der Waals surface area contributed by atoms with E-state index in [4.69, 9.17) is 10.3 Å². The third kappa shape index (κ3) is 2.52. The Labute approximate surface area is 99.2 Å². The molecule has 2 aromatic heterocycles. The summed E-state index contributed by atoms with van der Waals surface area (Å²) in [7, 11) is 0. The molecular weight excluding hydrogens is 220 g/mol. The van der Waals surface area contributed by atoms with Gasteiger partial charge in [0.2, 0.25) is 0 Å². The molecule has 0 amide bonds. The van der Waals surface area contributed by atoms with Gasteiger partial charge in [-0.15, -0.1) is 11.3 Å². The second-order valence-electron chi connectivity index (χ2n) is 3.81. The third-order valence-corrected chi connectivity index (χ3v) is 3.81. The van der Waals surface area contributed by atoms with E-state index in [0.717, 1.165) is 18.6 Å². The lowest BCUT2D eigenvalue weighted by Crippen LogP contribution is -2.28. The van der Waals surface area contributed by atoms with Gasteiger partial charge < -0.3 is 4.42 Å². The molecule has 4 heteroatoms. The number of hydrogen-bond acceptors (Lipinski definition) is 4. The Morgan fingerprint density at radius 1 is 1.50 bits per heavy atom. The number of rotatable bonds is 5. The molecule has 0 saturated heterocycles. The van der Waals surface area contributed by atoms with Crippen LogP contribution in [0.2, 0.25) is 0 Å². The molecule has 0 radical (unpaired) electrons. The maximum Gasteiger partial charge on any atom is 0.103 e. The predicted molar refractivity (Wildman–Crippen MR) is 66.1 cm³/mol. The van der Waals surface area contributed by atoms with Gasteiger partial charge in [-0.3, -0.25) is 11.3 Å². The van der Waals surface area contributed by atoms with E-state index in [0.29, 0.717) is 0 Å². The maximum atomic E-state index is 5.60. The molecule has 0 aromatic carbocycles. The van der Waals surface area contributed by atoms with Crippen LogP contribution in [0.25, 0.3) is 0 Å². The van der Waals surface area contributed by atoms with Gasteiger partial charge in [-0.1, -0.05) is 0 Å². The highest BCUT2D eigenvalue weighted by atomic mass is 32.1. The van der Waals surface area contributed by atoms with Crippen molar-refractivity contribution in [1.82, 2.24) is 5.43 Å². The molecule has 1 atom stereocenters. The summed E-state index contributed by atoms with van der Waals surface area (Å²) in [5, 5.41) is 2.10. The number of nitrogens with two attached hydrogens (primary N) is 1. The second-order valence-corrected chi connectivity index (χ2v) is 4.75. The van der Waals surface area contributed by atoms with Crippen LogP contribution >= 0.6 is 11.3 Å². The van der Waals surface area contributed by atoms with Crippen molar-refractivity contribution in [3.8, 4) is 0 Å². The quantitative estimate of drug-likeness (QED) is 0.620. The molecule has 0 bridgehead atoms. The molecule has 1 unspecified atom stereocenters. The van der Waals surface area contributed by atoms with Gasteiger partial charge in [0, 0.05) is 11.3 Å². The molecule has 0 saturated carbocycles. The van der Waals surface area contributed by atoms with E-state index in [9.17, 15) is 0 Å². The van der Waals surface area contributed by atoms with Crippen molar-refractivity contribution >= 4 is 11.3 Å². The summed E-state index contributed by atoms with van der Waals surface area (Å²) in [6.45, 7) is 2.11. The Morgan fingerprint density at radius 2 is 2.38 bits per heavy atom. The minimum Gasteiger partial charge on any atom is -0.469 e. The summed E-state index contributed by atoms with van der Waals surface area (Å²) in [5.41, 5.74) is 4.17. The van der Waals surface area contributed by atoms with Crippen LogP contribution in [0.15, 0.2) is 34.3 Å². The first-order valence-electron chi connectivity index (χ1n) is 5.33. The van der Waals surface area contributed by atoms with Crippen LogP contribution in [0, 0.1) is 6.92 Å². The minimum absolute atomic E-state index is 0.213. The van der Waals surface area contributed by atoms with E-state index in [2.05, 4.69) is 23.8 Å². The molecule has 0 fully saturated rings. The van der Waals surface area contributed by atoms with Gasteiger partial charge in [0.15, 0.2) is 0 Å². The van der Waals surface area contributed by atoms with E-state index < -0.39 is 0 Å². The molecule has 0 aliphatic heterocycles. The molecule has 2 aromatic rings. The number of hydrogen-bond donors (Lipinski definition) is 2. The lowest BCUT2D eigenvalue weighted by atomic mass is 10.1. The number of furan rings is 1. The highest BCUT2D eigenvalue weighted by Gasteiger charge is 2.13. The van der Waals surface area contributed by atoms with Crippen molar-refractivity contribution in [2.45, 2.75) is 25.8 Å². The monoisotopic (exact) mass is 236 g/mol. The van der Waals surface area contributed by atoms with E-state index in [1.165, 1.54) is 10.4 Å². The van der Waals surface area contributed by atoms with Crippen LogP contribution in [-0.4, -0.2) is 0 Å². The Morgan fingerprint density at radius 3 is 2.94 bits per heavy atom. The highest BCUT2D eigenvalue weighted by Crippen LogP contribution is 2.26. The van der Waals surface area contributed by atoms with E-state index >= 15 is 0 Å². The number of aryl methyl sites for hydroxylation is 2. The third-order valence-electron chi connectivity index (χ3n) is 2.68. The van der Waals surface area contributed by atoms with Crippen LogP contribution in [0.4, 0.5) is 0 Å². The topological polar surface area (TPSA) is 51.2 Å². The fraction of sp³-hybridized carbons (Fsp3) is 0.333. The van der Waals surface area contributed by atoms with Gasteiger partial charge >= 0.3 is 0 Å². The van der Waals surface area contributed by atoms with Crippen molar-refractivity contribution in [1.29, 1.82) is 0 Å². The van der Waals surface area contributed by atoms with Gasteiger partial charge in [0.25, 0.3) is 0 Å². The van der Waals surface area contributed by atoms with Crippen molar-refractivity contribution in [3.63, 3.8) is 0 Å². The van der Waals surface area contributed by atoms with Gasteiger partial charge in [-0.05, 0) is 42.5 Å². The lowest BCUT2D eigenvalue weighted by molar-refractivity contribution is 0.461. The maximum absolute atomic E-state index is 5.60. The summed E-state index contributed by atoms with van der Waals surface area (Å²) in [4.78, 5) is 1.31. The standard InChI is InChI=1S/C12H16N2OS/c1-9-6-8-16-12(9)11(14-13)5-4-10-3-2-7-15-10/h2-3,6-8,11,14H,4-5,13H2,1H3. The average molecular weight is 236 g/mol. The summed E-state index contributed by atoms with van der Waals surface area (Å²) in [6.07, 6.45) is 3.56. The summed E-state index contributed by atoms with van der Waals surface area (Å²) < 4.78 is 5.31. The van der Waals surface area contributed by atoms with Gasteiger partial charge in [-0.25, -0.2) is 0 Å². The molecule has 2 heterocycles. The highest BCUT2D eigenvalue weighted by molar-refractivity contribution is 7.10. The zero-order valence-electron chi connectivity index (χ0n) is 9.27. The Bertz CT molecular complexity index is 422. The number of nitrogens with one attached hydrogen (secondary N) is 1. The molecule has 86 valence electrons. The molecule has 3 N–H and O–H groups in total. The zero-order valence-corrected chi connectivity index (χ0v) is 10.1. The van der Waals surface area contributed by atoms with E-state index in [-0.39, 0.29) is 6.04 Å². The number of hydrazine groups is 1. The average Bonchev–Trinajstić information content (AvgIpc) is 2.92. The molecule has 0 spiro atoms. The summed E-state index contributed by atoms with van der Waals surface area (Å²) in [6, 6.07) is 6.24. The van der Waals surface area contributed by atoms with E-state index in [1.807, 2.05) is 12.1 Å². The molecule has 16 heavy (non-hydrogen) atoms. The zero-order chi connectivity index (χ0) is 11.4. The molecule has 0 aliphatic carbocycles. The fourth-order valence-electron chi connectivity index (χ4n) is 1.77. The van der Waals surface area contributed by atoms with Crippen LogP contribution in [0.3, 0.4) is 0 Å². The van der Waals surface area contributed by atoms with Crippen molar-refractivity contribution in [2.24, 2.45) is 5.84 Å². The summed E-state index contributed by atoms with van der Waals surface area (Å²) >= 11 is 1.75. The second kappa shape index (κ2) is 5.30. The number of thiophene rings is 1. The smallest absolute Gasteiger partial charge is 0.103 e. The molecular formula is C12H16N2OS. The van der Waals surface area contributed by atoms with Gasteiger partial charge in [-0.2, -0.15) is 0 Å². The normalized spacial score (nSPS) is 12.9. The van der Waals surface area contributed by atoms with Crippen LogP contribution < -0.4 is 11.3 Å². The fourth-order valence-corrected chi connectivity index (χ4v) is 2.80. The Kier molecular flexibility index (Phi) is 3.77. The van der Waals surface area contributed by atoms with Crippen molar-refractivity contribution in [3.05, 3.63) is 46.0 Å². The minimum atomic E-state index is 0.213. The van der Waals surface area contributed by atoms with E-state index in [1.54, 1.807) is 17.6 Å². The predicted octanol–water partition coefficient (Wildman–Crippen LogP) is 2.79. The Balaban J connectivity index is 1.99. The lowest BCUT2D eigenvalue weighted by Gasteiger charge is -2.14. The first-order valence-corrected chi connectivity index (χ1v) is 6.21. The summed E-state index contributed by atoms with van der Waals surface area (Å²) in [5.74, 6) is 6.61. The van der Waals surface area contributed by atoms with Crippen LogP contribution in [0.1, 0.15) is 28.7 Å². The van der Waals surface area contributed by atoms with Crippen LogP contribution in [0.5, 0.6) is 0 Å². The van der Waals surface area contributed by atoms with Crippen molar-refractivity contribution < 1.29 is 4.42 Å². The molecule has 3 nitrogen and oxygen atoms in total. The SMILES string of the molecule is Cc1ccsc1C(CCc1ccco1)NN. The van der Waals surface area contributed by atoms with Crippen LogP contribution in [-0.2, 0) is 6.42 Å². The van der Waals surface area contributed by atoms with Gasteiger partial charge in [0.05, 0.1) is 12.3 Å². The Hall–Kier alpha value is -1.10. The molecule has 0 aliphatic rings.